The van der Waals surface area contributed by atoms with E-state index in [9.17, 15) is 10.1 Å². The van der Waals surface area contributed by atoms with Gasteiger partial charge in [0.1, 0.15) is 21.5 Å². The number of hydrogen-bond donors (Lipinski definition) is 2. The maximum absolute atomic E-state index is 12.0. The fraction of sp³-hybridized carbons (Fsp3) is 0.538. The van der Waals surface area contributed by atoms with Crippen molar-refractivity contribution in [1.82, 2.24) is 4.90 Å². The lowest BCUT2D eigenvalue weighted by Gasteiger charge is -2.09. The summed E-state index contributed by atoms with van der Waals surface area (Å²) < 4.78 is 0. The zero-order valence-corrected chi connectivity index (χ0v) is 12.2. The molecule has 0 radical (unpaired) electrons. The number of hydrogen-bond acceptors (Lipinski definition) is 5. The van der Waals surface area contributed by atoms with Crippen LogP contribution in [-0.2, 0) is 0 Å². The summed E-state index contributed by atoms with van der Waals surface area (Å²) in [6.07, 6.45) is 2.40. The van der Waals surface area contributed by atoms with Crippen molar-refractivity contribution in [2.45, 2.75) is 19.8 Å². The van der Waals surface area contributed by atoms with Crippen LogP contribution in [-0.4, -0.2) is 31.4 Å². The highest BCUT2D eigenvalue weighted by molar-refractivity contribution is 7.18. The van der Waals surface area contributed by atoms with Gasteiger partial charge in [0.05, 0.1) is 5.69 Å². The van der Waals surface area contributed by atoms with Crippen LogP contribution in [0.15, 0.2) is 0 Å². The van der Waals surface area contributed by atoms with Gasteiger partial charge in [0.25, 0.3) is 5.91 Å². The van der Waals surface area contributed by atoms with Crippen molar-refractivity contribution in [3.05, 3.63) is 10.4 Å². The first-order valence-electron chi connectivity index (χ1n) is 6.16. The van der Waals surface area contributed by atoms with Crippen molar-refractivity contribution < 1.29 is 4.79 Å². The molecule has 1 aliphatic carbocycles. The van der Waals surface area contributed by atoms with Crippen molar-refractivity contribution in [2.24, 2.45) is 5.41 Å². The van der Waals surface area contributed by atoms with Gasteiger partial charge in [-0.2, -0.15) is 5.26 Å². The number of nitrogens with one attached hydrogen (secondary N) is 1. The number of anilines is 2. The zero-order valence-electron chi connectivity index (χ0n) is 11.4. The predicted octanol–water partition coefficient (Wildman–Crippen LogP) is 2.12. The van der Waals surface area contributed by atoms with Gasteiger partial charge in [-0.25, -0.2) is 0 Å². The summed E-state index contributed by atoms with van der Waals surface area (Å²) >= 11 is 1.27. The normalized spacial score (nSPS) is 15.7. The number of carbonyl (C=O) groups is 1. The number of thiophene rings is 1. The summed E-state index contributed by atoms with van der Waals surface area (Å²) in [5.41, 5.74) is 6.91. The van der Waals surface area contributed by atoms with Crippen molar-refractivity contribution in [3.63, 3.8) is 0 Å². The Hall–Kier alpha value is -1.74. The van der Waals surface area contributed by atoms with Gasteiger partial charge in [-0.15, -0.1) is 11.3 Å². The quantitative estimate of drug-likeness (QED) is 0.883. The number of amides is 1. The maximum Gasteiger partial charge on any atom is 0.265 e. The number of nitrogen functional groups attached to an aromatic ring is 1. The van der Waals surface area contributed by atoms with E-state index in [1.165, 1.54) is 29.1 Å². The molecule has 0 spiro atoms. The van der Waals surface area contributed by atoms with E-state index in [-0.39, 0.29) is 11.6 Å². The fourth-order valence-electron chi connectivity index (χ4n) is 1.73. The molecule has 5 nitrogen and oxygen atoms in total. The molecule has 0 aromatic carbocycles. The van der Waals surface area contributed by atoms with Crippen LogP contribution in [0.2, 0.25) is 0 Å². The summed E-state index contributed by atoms with van der Waals surface area (Å²) in [4.78, 5) is 13.9. The van der Waals surface area contributed by atoms with Gasteiger partial charge in [0, 0.05) is 20.6 Å². The highest BCUT2D eigenvalue weighted by Crippen LogP contribution is 2.45. The van der Waals surface area contributed by atoms with Crippen LogP contribution in [0.1, 0.15) is 35.0 Å². The van der Waals surface area contributed by atoms with Crippen molar-refractivity contribution in [1.29, 1.82) is 5.26 Å². The Bertz CT molecular complexity index is 552. The highest BCUT2D eigenvalue weighted by atomic mass is 32.1. The molecular formula is C13H18N4OS. The summed E-state index contributed by atoms with van der Waals surface area (Å²) in [7, 11) is 3.34. The van der Waals surface area contributed by atoms with E-state index >= 15 is 0 Å². The van der Waals surface area contributed by atoms with Crippen LogP contribution in [0.3, 0.4) is 0 Å². The van der Waals surface area contributed by atoms with Crippen LogP contribution >= 0.6 is 11.3 Å². The summed E-state index contributed by atoms with van der Waals surface area (Å²) in [6.45, 7) is 3.02. The largest absolute Gasteiger partial charge is 0.396 e. The Morgan fingerprint density at radius 2 is 2.21 bits per heavy atom. The Morgan fingerprint density at radius 1 is 1.58 bits per heavy atom. The molecule has 1 aliphatic rings. The molecule has 102 valence electrons. The van der Waals surface area contributed by atoms with E-state index in [4.69, 9.17) is 5.73 Å². The van der Waals surface area contributed by atoms with Crippen molar-refractivity contribution in [3.8, 4) is 6.07 Å². The second-order valence-electron chi connectivity index (χ2n) is 5.52. The Morgan fingerprint density at radius 3 is 2.68 bits per heavy atom. The van der Waals surface area contributed by atoms with Crippen LogP contribution in [0.5, 0.6) is 0 Å². The van der Waals surface area contributed by atoms with E-state index in [1.807, 2.05) is 0 Å². The van der Waals surface area contributed by atoms with Crippen LogP contribution in [0, 0.1) is 16.7 Å². The van der Waals surface area contributed by atoms with E-state index in [2.05, 4.69) is 18.3 Å². The minimum absolute atomic E-state index is 0.162. The van der Waals surface area contributed by atoms with E-state index in [1.54, 1.807) is 14.1 Å². The first-order valence-corrected chi connectivity index (χ1v) is 6.97. The molecule has 0 aliphatic heterocycles. The SMILES string of the molecule is CN(C)C(=O)c1sc(NCC2(C)CC2)c(C#N)c1N. The number of nitriles is 1. The molecule has 1 amide bonds. The number of nitrogens with zero attached hydrogens (tertiary/aromatic N) is 2. The molecule has 1 aromatic rings. The summed E-state index contributed by atoms with van der Waals surface area (Å²) in [6, 6.07) is 2.09. The Labute approximate surface area is 117 Å². The lowest BCUT2D eigenvalue weighted by molar-refractivity contribution is 0.0833. The fourth-order valence-corrected chi connectivity index (χ4v) is 2.81. The van der Waals surface area contributed by atoms with E-state index < -0.39 is 0 Å². The van der Waals surface area contributed by atoms with Crippen LogP contribution < -0.4 is 11.1 Å². The first-order chi connectivity index (χ1) is 8.88. The standard InChI is InChI=1S/C13H18N4OS/c1-13(4-5-13)7-16-11-8(6-14)9(15)10(19-11)12(18)17(2)3/h16H,4-5,7,15H2,1-3H3. The van der Waals surface area contributed by atoms with Crippen molar-refractivity contribution >= 4 is 27.9 Å². The van der Waals surface area contributed by atoms with Gasteiger partial charge in [-0.3, -0.25) is 4.79 Å². The molecule has 1 aromatic heterocycles. The Kier molecular flexibility index (Phi) is 3.42. The predicted molar refractivity (Wildman–Crippen MR) is 77.3 cm³/mol. The second kappa shape index (κ2) is 4.74. The Balaban J connectivity index is 2.25. The lowest BCUT2D eigenvalue weighted by atomic mass is 10.1. The zero-order chi connectivity index (χ0) is 14.2. The minimum Gasteiger partial charge on any atom is -0.396 e. The second-order valence-corrected chi connectivity index (χ2v) is 6.55. The monoisotopic (exact) mass is 278 g/mol. The summed E-state index contributed by atoms with van der Waals surface area (Å²) in [5.74, 6) is -0.162. The molecule has 1 fully saturated rings. The van der Waals surface area contributed by atoms with Gasteiger partial charge < -0.3 is 16.0 Å². The molecule has 0 saturated heterocycles. The van der Waals surface area contributed by atoms with E-state index in [0.29, 0.717) is 20.9 Å². The molecule has 0 atom stereocenters. The van der Waals surface area contributed by atoms with Gasteiger partial charge in [0.2, 0.25) is 0 Å². The summed E-state index contributed by atoms with van der Waals surface area (Å²) in [5, 5.41) is 13.2. The van der Waals surface area contributed by atoms with Gasteiger partial charge >= 0.3 is 0 Å². The van der Waals surface area contributed by atoms with Gasteiger partial charge in [-0.05, 0) is 18.3 Å². The molecule has 19 heavy (non-hydrogen) atoms. The number of nitrogens with two attached hydrogens (primary N) is 1. The van der Waals surface area contributed by atoms with Gasteiger partial charge in [-0.1, -0.05) is 6.92 Å². The third-order valence-corrected chi connectivity index (χ3v) is 4.59. The average molecular weight is 278 g/mol. The molecule has 1 saturated carbocycles. The molecule has 1 heterocycles. The average Bonchev–Trinajstić information content (AvgIpc) is 3.00. The minimum atomic E-state index is -0.162. The topological polar surface area (TPSA) is 82.2 Å². The lowest BCUT2D eigenvalue weighted by Crippen LogP contribution is -2.21. The van der Waals surface area contributed by atoms with Gasteiger partial charge in [0.15, 0.2) is 0 Å². The van der Waals surface area contributed by atoms with Crippen molar-refractivity contribution in [2.75, 3.05) is 31.7 Å². The third-order valence-electron chi connectivity index (χ3n) is 3.44. The first kappa shape index (κ1) is 13.7. The molecule has 6 heteroatoms. The molecule has 0 unspecified atom stereocenters. The maximum atomic E-state index is 12.0. The molecular weight excluding hydrogens is 260 g/mol. The highest BCUT2D eigenvalue weighted by Gasteiger charge is 2.37. The molecule has 3 N–H and O–H groups in total. The number of carbonyl (C=O) groups excluding carboxylic acids is 1. The molecule has 0 bridgehead atoms. The smallest absolute Gasteiger partial charge is 0.265 e. The third kappa shape index (κ3) is 2.66. The van der Waals surface area contributed by atoms with Crippen LogP contribution in [0.25, 0.3) is 0 Å². The molecule has 2 rings (SSSR count). The number of rotatable bonds is 4. The van der Waals surface area contributed by atoms with Crippen LogP contribution in [0.4, 0.5) is 10.7 Å². The van der Waals surface area contributed by atoms with E-state index in [0.717, 1.165) is 6.54 Å².